The maximum absolute atomic E-state index is 12.8. The maximum atomic E-state index is 12.8. The van der Waals surface area contributed by atoms with Crippen LogP contribution in [0.2, 0.25) is 0 Å². The van der Waals surface area contributed by atoms with Crippen LogP contribution in [-0.4, -0.2) is 45.4 Å². The van der Waals surface area contributed by atoms with E-state index in [1.54, 1.807) is 20.1 Å². The number of primary amides is 1. The minimum Gasteiger partial charge on any atom is -0.540 e. The van der Waals surface area contributed by atoms with Crippen LogP contribution in [-0.2, 0) is 53.7 Å². The Hall–Kier alpha value is -1.38. The zero-order valence-corrected chi connectivity index (χ0v) is 16.8. The van der Waals surface area contributed by atoms with Gasteiger partial charge in [-0.05, 0) is 13.8 Å². The van der Waals surface area contributed by atoms with Crippen molar-refractivity contribution in [3.8, 4) is 5.75 Å². The predicted molar refractivity (Wildman–Crippen MR) is 81.4 cm³/mol. The van der Waals surface area contributed by atoms with Crippen LogP contribution in [0.3, 0.4) is 0 Å². The topological polar surface area (TPSA) is 123 Å². The van der Waals surface area contributed by atoms with Crippen LogP contribution < -0.4 is 10.5 Å². The molecule has 9 heteroatoms. The molecule has 3 heterocycles. The summed E-state index contributed by atoms with van der Waals surface area (Å²) in [7, 11) is 0. The monoisotopic (exact) mass is 421 g/mol. The Kier molecular flexibility index (Phi) is 5.66. The molecule has 2 bridgehead atoms. The number of aryl methyl sites for hydroxylation is 1. The van der Waals surface area contributed by atoms with E-state index in [0.29, 0.717) is 22.6 Å². The average molecular weight is 421 g/mol. The third-order valence-electron chi connectivity index (χ3n) is 4.83. The van der Waals surface area contributed by atoms with E-state index in [-0.39, 0.29) is 52.3 Å². The summed E-state index contributed by atoms with van der Waals surface area (Å²) in [5.74, 6) is -2.56. The van der Waals surface area contributed by atoms with Crippen molar-refractivity contribution in [3.63, 3.8) is 0 Å². The van der Waals surface area contributed by atoms with Crippen LogP contribution >= 0.6 is 0 Å². The number of pyridine rings is 1. The molecule has 3 N–H and O–H groups in total. The van der Waals surface area contributed by atoms with Crippen molar-refractivity contribution in [2.75, 3.05) is 6.54 Å². The zero-order valence-electron chi connectivity index (χ0n) is 14.0. The normalized spacial score (nSPS) is 27.0. The van der Waals surface area contributed by atoms with Crippen molar-refractivity contribution >= 4 is 18.1 Å². The number of ether oxygens (including phenoxy) is 1. The second-order valence-corrected chi connectivity index (χ2v) is 6.31. The molecule has 3 atom stereocenters. The molecule has 8 nitrogen and oxygen atoms in total. The average Bonchev–Trinajstić information content (AvgIpc) is 2.52. The van der Waals surface area contributed by atoms with E-state index in [1.807, 2.05) is 0 Å². The fourth-order valence-corrected chi connectivity index (χ4v) is 3.73. The van der Waals surface area contributed by atoms with Crippen LogP contribution in [0.15, 0.2) is 6.20 Å². The van der Waals surface area contributed by atoms with Crippen molar-refractivity contribution in [1.29, 1.82) is 0 Å². The number of fused-ring (bicyclic) bond motifs is 4. The van der Waals surface area contributed by atoms with E-state index in [1.165, 1.54) is 11.1 Å². The van der Waals surface area contributed by atoms with E-state index >= 15 is 0 Å². The Labute approximate surface area is 170 Å². The summed E-state index contributed by atoms with van der Waals surface area (Å²) in [5.41, 5.74) is 6.04. The van der Waals surface area contributed by atoms with Crippen molar-refractivity contribution in [2.45, 2.75) is 38.5 Å². The molecule has 1 aromatic heterocycles. The molecule has 1 saturated heterocycles. The number of nitrogens with two attached hydrogens (primary N) is 1. The van der Waals surface area contributed by atoms with Gasteiger partial charge < -0.3 is 25.3 Å². The van der Waals surface area contributed by atoms with Gasteiger partial charge in [-0.15, -0.1) is 0 Å². The van der Waals surface area contributed by atoms with Crippen molar-refractivity contribution in [2.24, 2.45) is 11.7 Å². The fraction of sp³-hybridized carbons (Fsp3) is 0.500. The number of piperidine rings is 1. The molecule has 1 aromatic rings. The number of hydrogen-bond donors (Lipinski definition) is 2. The molecule has 0 spiro atoms. The molecule has 0 aliphatic carbocycles. The number of aliphatic hydroxyl groups is 1. The second-order valence-electron chi connectivity index (χ2n) is 6.31. The minimum absolute atomic E-state index is 0. The first-order valence-corrected chi connectivity index (χ1v) is 7.58. The molecule has 2 amide bonds. The maximum Gasteiger partial charge on any atom is 0.236 e. The molecular weight excluding hydrogens is 403 g/mol. The quantitative estimate of drug-likeness (QED) is 0.500. The zero-order chi connectivity index (χ0) is 17.6. The summed E-state index contributed by atoms with van der Waals surface area (Å²) in [5, 5.41) is 9.61. The largest absolute Gasteiger partial charge is 0.540 e. The van der Waals surface area contributed by atoms with Gasteiger partial charge in [-0.25, -0.2) is 6.29 Å². The number of carbonyl (C=O) groups is 2. The van der Waals surface area contributed by atoms with Gasteiger partial charge in [-0.1, -0.05) is 6.54 Å². The summed E-state index contributed by atoms with van der Waals surface area (Å²) >= 11 is 0. The van der Waals surface area contributed by atoms with Gasteiger partial charge in [0.2, 0.25) is 11.8 Å². The van der Waals surface area contributed by atoms with E-state index < -0.39 is 29.4 Å². The fourth-order valence-electron chi connectivity index (χ4n) is 3.73. The summed E-state index contributed by atoms with van der Waals surface area (Å²) in [6.07, 6.45) is 3.48. The van der Waals surface area contributed by atoms with Crippen LogP contribution in [0.1, 0.15) is 36.1 Å². The number of hydrogen-bond acceptors (Lipinski definition) is 6. The Morgan fingerprint density at radius 3 is 2.84 bits per heavy atom. The smallest absolute Gasteiger partial charge is 0.236 e. The van der Waals surface area contributed by atoms with Crippen LogP contribution in [0.25, 0.3) is 0 Å². The minimum atomic E-state index is -1.12. The van der Waals surface area contributed by atoms with Gasteiger partial charge in [-0.2, -0.15) is 0 Å². The Balaban J connectivity index is 0.00000225. The molecule has 2 aliphatic rings. The molecular formula is C16H18N3O5Y-. The standard InChI is InChI=1S/C16H18N3O5.Y/c1-8-13-11(9(7-21)6-18-8)10-5-16(2,24-13)19(3-4-20)15(23)12(10)14(17)22;/h6,10,12,21H,3,5,7H2,1-2H3,(H2,17,22);/q-1;/t10-,12+,16-;/m0./s1. The predicted octanol–water partition coefficient (Wildman–Crippen LogP) is -0.484. The van der Waals surface area contributed by atoms with Crippen LogP contribution in [0, 0.1) is 12.8 Å². The summed E-state index contributed by atoms with van der Waals surface area (Å²) in [4.78, 5) is 41.0. The van der Waals surface area contributed by atoms with Crippen LogP contribution in [0.4, 0.5) is 0 Å². The number of likely N-dealkylation sites (tertiary alicyclic amines) is 1. The number of aromatic nitrogens is 1. The van der Waals surface area contributed by atoms with Crippen LogP contribution in [0.5, 0.6) is 5.75 Å². The van der Waals surface area contributed by atoms with E-state index in [9.17, 15) is 19.5 Å². The van der Waals surface area contributed by atoms with Crippen molar-refractivity contribution in [1.82, 2.24) is 9.88 Å². The van der Waals surface area contributed by atoms with Gasteiger partial charge in [0, 0.05) is 62.4 Å². The van der Waals surface area contributed by atoms with Gasteiger partial charge in [-0.3, -0.25) is 14.6 Å². The summed E-state index contributed by atoms with van der Waals surface area (Å²) < 4.78 is 6.03. The summed E-state index contributed by atoms with van der Waals surface area (Å²) in [6.45, 7) is 2.81. The number of rotatable bonds is 4. The van der Waals surface area contributed by atoms with E-state index in [0.717, 1.165) is 0 Å². The number of aliphatic hydroxyl groups excluding tert-OH is 1. The second kappa shape index (κ2) is 7.09. The molecule has 1 radical (unpaired) electrons. The Morgan fingerprint density at radius 2 is 2.28 bits per heavy atom. The summed E-state index contributed by atoms with van der Waals surface area (Å²) in [6, 6.07) is 0. The molecule has 0 unspecified atom stereocenters. The van der Waals surface area contributed by atoms with E-state index in [4.69, 9.17) is 10.5 Å². The molecule has 0 saturated carbocycles. The first-order valence-electron chi connectivity index (χ1n) is 7.58. The van der Waals surface area contributed by atoms with Gasteiger partial charge in [0.25, 0.3) is 0 Å². The Morgan fingerprint density at radius 1 is 1.60 bits per heavy atom. The first kappa shape index (κ1) is 19.9. The Bertz CT molecular complexity index is 741. The molecule has 25 heavy (non-hydrogen) atoms. The number of amides is 2. The van der Waals surface area contributed by atoms with Gasteiger partial charge in [0.1, 0.15) is 11.7 Å². The van der Waals surface area contributed by atoms with Crippen molar-refractivity contribution in [3.05, 3.63) is 23.0 Å². The SMILES string of the molecule is Cc1ncc(CO)c2c1O[C@@]1(C)C[C@@H]2[C@H](C(N)=O)C(=O)N1C[C-]=O.[Y]. The van der Waals surface area contributed by atoms with Crippen molar-refractivity contribution < 1.29 is 56.9 Å². The molecule has 0 aromatic carbocycles. The third kappa shape index (κ3) is 3.00. The molecule has 131 valence electrons. The number of nitrogens with zero attached hydrogens (tertiary/aromatic N) is 2. The molecule has 3 rings (SSSR count). The number of carbonyl (C=O) groups excluding carboxylic acids is 3. The van der Waals surface area contributed by atoms with Gasteiger partial charge in [0.15, 0.2) is 5.72 Å². The molecule has 2 aliphatic heterocycles. The first-order chi connectivity index (χ1) is 11.3. The van der Waals surface area contributed by atoms with Gasteiger partial charge in [0.05, 0.1) is 12.3 Å². The van der Waals surface area contributed by atoms with Gasteiger partial charge >= 0.3 is 0 Å². The van der Waals surface area contributed by atoms with E-state index in [2.05, 4.69) is 4.98 Å². The third-order valence-corrected chi connectivity index (χ3v) is 4.83. The molecule has 1 fully saturated rings.